The third-order valence-electron chi connectivity index (χ3n) is 2.65. The molecule has 1 aromatic carbocycles. The molecule has 0 heterocycles. The predicted molar refractivity (Wildman–Crippen MR) is 78.6 cm³/mol. The minimum atomic E-state index is -0.475. The van der Waals surface area contributed by atoms with Crippen molar-refractivity contribution in [3.05, 3.63) is 29.8 Å². The van der Waals surface area contributed by atoms with Crippen molar-refractivity contribution in [2.24, 2.45) is 5.73 Å². The summed E-state index contributed by atoms with van der Waals surface area (Å²) >= 11 is 0. The van der Waals surface area contributed by atoms with Gasteiger partial charge in [-0.3, -0.25) is 14.5 Å². The number of carbonyl (C=O) groups is 2. The summed E-state index contributed by atoms with van der Waals surface area (Å²) < 4.78 is 0. The van der Waals surface area contributed by atoms with Crippen molar-refractivity contribution >= 4 is 17.5 Å². The smallest absolute Gasteiger partial charge is 0.234 e. The van der Waals surface area contributed by atoms with Crippen LogP contribution in [0.3, 0.4) is 0 Å². The first-order chi connectivity index (χ1) is 9.38. The van der Waals surface area contributed by atoms with Crippen molar-refractivity contribution in [3.63, 3.8) is 0 Å². The van der Waals surface area contributed by atoms with Crippen LogP contribution in [0, 0.1) is 0 Å². The van der Waals surface area contributed by atoms with E-state index in [1.807, 2.05) is 32.0 Å². The van der Waals surface area contributed by atoms with Gasteiger partial charge in [0.2, 0.25) is 11.8 Å². The Kier molecular flexibility index (Phi) is 5.99. The molecule has 0 aromatic heterocycles. The zero-order chi connectivity index (χ0) is 15.1. The molecule has 0 bridgehead atoms. The number of anilines is 1. The Morgan fingerprint density at radius 2 is 1.90 bits per heavy atom. The average molecular weight is 278 g/mol. The van der Waals surface area contributed by atoms with Crippen LogP contribution >= 0.6 is 0 Å². The first kappa shape index (κ1) is 16.0. The van der Waals surface area contributed by atoms with Gasteiger partial charge in [-0.05, 0) is 25.5 Å². The van der Waals surface area contributed by atoms with Crippen LogP contribution < -0.4 is 16.8 Å². The number of primary amides is 1. The Morgan fingerprint density at radius 3 is 2.45 bits per heavy atom. The highest BCUT2D eigenvalue weighted by Crippen LogP contribution is 2.13. The van der Waals surface area contributed by atoms with Crippen LogP contribution in [0.25, 0.3) is 0 Å². The number of nitrogen functional groups attached to an aromatic ring is 1. The van der Waals surface area contributed by atoms with Crippen LogP contribution in [-0.2, 0) is 16.1 Å². The lowest BCUT2D eigenvalue weighted by Gasteiger charge is -2.21. The summed E-state index contributed by atoms with van der Waals surface area (Å²) in [6, 6.07) is 7.40. The number of rotatable bonds is 7. The number of nitrogens with one attached hydrogen (secondary N) is 1. The number of nitrogens with two attached hydrogens (primary N) is 2. The van der Waals surface area contributed by atoms with Crippen LogP contribution in [0.2, 0.25) is 0 Å². The molecule has 2 amide bonds. The summed E-state index contributed by atoms with van der Waals surface area (Å²) in [5.41, 5.74) is 12.6. The first-order valence-corrected chi connectivity index (χ1v) is 6.52. The quantitative estimate of drug-likeness (QED) is 0.615. The van der Waals surface area contributed by atoms with Crippen molar-refractivity contribution in [1.82, 2.24) is 10.2 Å². The molecule has 0 saturated carbocycles. The lowest BCUT2D eigenvalue weighted by atomic mass is 10.1. The molecule has 6 nitrogen and oxygen atoms in total. The molecule has 1 aromatic rings. The molecule has 0 unspecified atom stereocenters. The molecule has 6 heteroatoms. The number of amides is 2. The van der Waals surface area contributed by atoms with E-state index in [1.54, 1.807) is 11.0 Å². The lowest BCUT2D eigenvalue weighted by molar-refractivity contribution is -0.124. The molecule has 5 N–H and O–H groups in total. The summed E-state index contributed by atoms with van der Waals surface area (Å²) in [6.45, 7) is 4.29. The van der Waals surface area contributed by atoms with Crippen molar-refractivity contribution in [2.75, 3.05) is 18.8 Å². The number of carbonyl (C=O) groups excluding carboxylic acids is 2. The van der Waals surface area contributed by atoms with Crippen molar-refractivity contribution in [2.45, 2.75) is 26.4 Å². The van der Waals surface area contributed by atoms with Crippen LogP contribution in [-0.4, -0.2) is 35.8 Å². The van der Waals surface area contributed by atoms with E-state index in [2.05, 4.69) is 5.32 Å². The Bertz CT molecular complexity index is 474. The van der Waals surface area contributed by atoms with Crippen molar-refractivity contribution in [1.29, 1.82) is 0 Å². The molecule has 0 fully saturated rings. The third kappa shape index (κ3) is 5.71. The van der Waals surface area contributed by atoms with Gasteiger partial charge >= 0.3 is 0 Å². The molecule has 0 spiro atoms. The molecule has 0 saturated heterocycles. The van der Waals surface area contributed by atoms with Crippen LogP contribution in [0.5, 0.6) is 0 Å². The van der Waals surface area contributed by atoms with Crippen LogP contribution in [0.15, 0.2) is 24.3 Å². The van der Waals surface area contributed by atoms with E-state index in [0.29, 0.717) is 12.2 Å². The van der Waals surface area contributed by atoms with E-state index >= 15 is 0 Å². The normalized spacial score (nSPS) is 10.8. The first-order valence-electron chi connectivity index (χ1n) is 6.52. The molecule has 0 radical (unpaired) electrons. The fourth-order valence-electron chi connectivity index (χ4n) is 1.88. The predicted octanol–water partition coefficient (Wildman–Crippen LogP) is 0.0807. The molecule has 0 aliphatic carbocycles. The molecule has 20 heavy (non-hydrogen) atoms. The lowest BCUT2D eigenvalue weighted by Crippen LogP contribution is -2.42. The summed E-state index contributed by atoms with van der Waals surface area (Å²) in [7, 11) is 0. The maximum Gasteiger partial charge on any atom is 0.234 e. The maximum absolute atomic E-state index is 11.8. The molecule has 0 aliphatic rings. The summed E-state index contributed by atoms with van der Waals surface area (Å²) in [5.74, 6) is -0.618. The topological polar surface area (TPSA) is 101 Å². The van der Waals surface area contributed by atoms with Gasteiger partial charge < -0.3 is 16.8 Å². The Morgan fingerprint density at radius 1 is 1.25 bits per heavy atom. The molecular weight excluding hydrogens is 256 g/mol. The van der Waals surface area contributed by atoms with Gasteiger partial charge in [0, 0.05) is 18.3 Å². The molecule has 0 atom stereocenters. The largest absolute Gasteiger partial charge is 0.398 e. The minimum absolute atomic E-state index is 0.0137. The SMILES string of the molecule is CC(C)NC(=O)CN(CC(N)=O)Cc1ccccc1N. The number of hydrogen-bond acceptors (Lipinski definition) is 4. The second-order valence-corrected chi connectivity index (χ2v) is 5.03. The van der Waals surface area contributed by atoms with Crippen LogP contribution in [0.4, 0.5) is 5.69 Å². The van der Waals surface area contributed by atoms with E-state index in [0.717, 1.165) is 5.56 Å². The molecule has 110 valence electrons. The van der Waals surface area contributed by atoms with Gasteiger partial charge in [0.25, 0.3) is 0 Å². The summed E-state index contributed by atoms with van der Waals surface area (Å²) in [5, 5.41) is 2.78. The number of nitrogens with zero attached hydrogens (tertiary/aromatic N) is 1. The number of hydrogen-bond donors (Lipinski definition) is 3. The Labute approximate surface area is 119 Å². The van der Waals surface area contributed by atoms with Gasteiger partial charge in [0.1, 0.15) is 0 Å². The van der Waals surface area contributed by atoms with Crippen molar-refractivity contribution < 1.29 is 9.59 Å². The monoisotopic (exact) mass is 278 g/mol. The van der Waals surface area contributed by atoms with Crippen LogP contribution in [0.1, 0.15) is 19.4 Å². The van der Waals surface area contributed by atoms with Gasteiger partial charge in [0.15, 0.2) is 0 Å². The second kappa shape index (κ2) is 7.49. The second-order valence-electron chi connectivity index (χ2n) is 5.03. The highest BCUT2D eigenvalue weighted by atomic mass is 16.2. The van der Waals surface area contributed by atoms with E-state index in [1.165, 1.54) is 0 Å². The van der Waals surface area contributed by atoms with E-state index in [4.69, 9.17) is 11.5 Å². The number of para-hydroxylation sites is 1. The van der Waals surface area contributed by atoms with Gasteiger partial charge in [-0.25, -0.2) is 0 Å². The summed E-state index contributed by atoms with van der Waals surface area (Å²) in [6.07, 6.45) is 0. The fourth-order valence-corrected chi connectivity index (χ4v) is 1.88. The highest BCUT2D eigenvalue weighted by Gasteiger charge is 2.15. The summed E-state index contributed by atoms with van der Waals surface area (Å²) in [4.78, 5) is 24.6. The molecule has 1 rings (SSSR count). The van der Waals surface area contributed by atoms with Gasteiger partial charge in [-0.2, -0.15) is 0 Å². The van der Waals surface area contributed by atoms with E-state index in [-0.39, 0.29) is 25.0 Å². The number of benzene rings is 1. The molecule has 0 aliphatic heterocycles. The zero-order valence-electron chi connectivity index (χ0n) is 11.9. The molecular formula is C14H22N4O2. The minimum Gasteiger partial charge on any atom is -0.398 e. The third-order valence-corrected chi connectivity index (χ3v) is 2.65. The van der Waals surface area contributed by atoms with Gasteiger partial charge in [-0.15, -0.1) is 0 Å². The van der Waals surface area contributed by atoms with E-state index < -0.39 is 5.91 Å². The maximum atomic E-state index is 11.8. The average Bonchev–Trinajstić information content (AvgIpc) is 2.29. The van der Waals surface area contributed by atoms with Gasteiger partial charge in [-0.1, -0.05) is 18.2 Å². The Hall–Kier alpha value is -2.08. The van der Waals surface area contributed by atoms with Crippen molar-refractivity contribution in [3.8, 4) is 0 Å². The van der Waals surface area contributed by atoms with Gasteiger partial charge in [0.05, 0.1) is 13.1 Å². The highest BCUT2D eigenvalue weighted by molar-refractivity contribution is 5.80. The fraction of sp³-hybridized carbons (Fsp3) is 0.429. The van der Waals surface area contributed by atoms with E-state index in [9.17, 15) is 9.59 Å². The zero-order valence-corrected chi connectivity index (χ0v) is 11.9. The Balaban J connectivity index is 2.72. The standard InChI is InChI=1S/C14H22N4O2/c1-10(2)17-14(20)9-18(8-13(16)19)7-11-5-3-4-6-12(11)15/h3-6,10H,7-9,15H2,1-2H3,(H2,16,19)(H,17,20).